The Morgan fingerprint density at radius 3 is 3.13 bits per heavy atom. The third-order valence-electron chi connectivity index (χ3n) is 3.00. The number of aryl methyl sites for hydroxylation is 1. The van der Waals surface area contributed by atoms with Crippen molar-refractivity contribution in [1.82, 2.24) is 14.8 Å². The molecule has 2 heterocycles. The predicted octanol–water partition coefficient (Wildman–Crippen LogP) is 1.22. The van der Waals surface area contributed by atoms with E-state index in [2.05, 4.69) is 23.2 Å². The molecule has 1 aliphatic rings. The highest BCUT2D eigenvalue weighted by atomic mass is 16.1. The number of aromatic nitrogens is 3. The molecule has 0 bridgehead atoms. The van der Waals surface area contributed by atoms with Crippen molar-refractivity contribution in [1.29, 1.82) is 0 Å². The van der Waals surface area contributed by atoms with E-state index in [1.54, 1.807) is 6.20 Å². The van der Waals surface area contributed by atoms with Crippen LogP contribution in [0, 0.1) is 0 Å². The van der Waals surface area contributed by atoms with Gasteiger partial charge in [0.25, 0.3) is 5.56 Å². The molecule has 0 aromatic carbocycles. The van der Waals surface area contributed by atoms with Gasteiger partial charge in [-0.05, 0) is 25.0 Å². The van der Waals surface area contributed by atoms with E-state index in [9.17, 15) is 4.79 Å². The Labute approximate surface area is 86.2 Å². The third-order valence-corrected chi connectivity index (χ3v) is 3.00. The summed E-state index contributed by atoms with van der Waals surface area (Å²) in [6.07, 6.45) is 4.80. The Morgan fingerprint density at radius 2 is 2.33 bits per heavy atom. The lowest BCUT2D eigenvalue weighted by Gasteiger charge is -1.97. The number of aromatic amines is 1. The molecule has 0 unspecified atom stereocenters. The van der Waals surface area contributed by atoms with Crippen LogP contribution in [0.5, 0.6) is 0 Å². The first-order valence-electron chi connectivity index (χ1n) is 4.90. The Bertz CT molecular complexity index is 646. The quantitative estimate of drug-likeness (QED) is 0.696. The van der Waals surface area contributed by atoms with Gasteiger partial charge in [0.2, 0.25) is 0 Å². The van der Waals surface area contributed by atoms with Gasteiger partial charge in [-0.15, -0.1) is 0 Å². The molecule has 0 radical (unpaired) electrons. The van der Waals surface area contributed by atoms with Crippen molar-refractivity contribution >= 4 is 17.0 Å². The fraction of sp³-hybridized carbons (Fsp3) is 0.273. The van der Waals surface area contributed by atoms with Gasteiger partial charge in [-0.1, -0.05) is 5.57 Å². The Hall–Kier alpha value is -1.84. The normalized spacial score (nSPS) is 14.4. The molecular weight excluding hydrogens is 190 g/mol. The summed E-state index contributed by atoms with van der Waals surface area (Å²) >= 11 is 0. The van der Waals surface area contributed by atoms with Crippen molar-refractivity contribution in [2.75, 3.05) is 0 Å². The summed E-state index contributed by atoms with van der Waals surface area (Å²) in [4.78, 5) is 11.6. The first-order valence-corrected chi connectivity index (χ1v) is 4.90. The van der Waals surface area contributed by atoms with Crippen molar-refractivity contribution in [3.63, 3.8) is 0 Å². The van der Waals surface area contributed by atoms with E-state index in [0.717, 1.165) is 23.0 Å². The van der Waals surface area contributed by atoms with Crippen LogP contribution in [0.3, 0.4) is 0 Å². The van der Waals surface area contributed by atoms with E-state index in [-0.39, 0.29) is 5.56 Å². The Balaban J connectivity index is 2.54. The minimum absolute atomic E-state index is 0.115. The lowest BCUT2D eigenvalue weighted by Crippen LogP contribution is -2.10. The second-order valence-corrected chi connectivity index (χ2v) is 4.05. The van der Waals surface area contributed by atoms with Crippen molar-refractivity contribution < 1.29 is 0 Å². The molecule has 1 aliphatic carbocycles. The highest BCUT2D eigenvalue weighted by molar-refractivity contribution is 5.89. The number of hydrogen-bond donors (Lipinski definition) is 1. The van der Waals surface area contributed by atoms with E-state index in [1.807, 2.05) is 11.6 Å². The van der Waals surface area contributed by atoms with Gasteiger partial charge in [0.1, 0.15) is 5.52 Å². The first kappa shape index (κ1) is 8.47. The minimum Gasteiger partial charge on any atom is -0.339 e. The van der Waals surface area contributed by atoms with E-state index < -0.39 is 0 Å². The summed E-state index contributed by atoms with van der Waals surface area (Å²) in [6.45, 7) is 2.10. The number of nitrogens with one attached hydrogen (secondary N) is 1. The van der Waals surface area contributed by atoms with Gasteiger partial charge >= 0.3 is 0 Å². The van der Waals surface area contributed by atoms with E-state index in [0.29, 0.717) is 0 Å². The summed E-state index contributed by atoms with van der Waals surface area (Å²) < 4.78 is 1.95. The van der Waals surface area contributed by atoms with Crippen LogP contribution in [-0.2, 0) is 13.5 Å². The summed E-state index contributed by atoms with van der Waals surface area (Å²) in [6, 6.07) is 0. The average Bonchev–Trinajstić information content (AvgIpc) is 2.68. The fourth-order valence-corrected chi connectivity index (χ4v) is 2.34. The number of nitrogens with zero attached hydrogens (tertiary/aromatic N) is 2. The first-order chi connectivity index (χ1) is 7.18. The summed E-state index contributed by atoms with van der Waals surface area (Å²) in [7, 11) is 1.92. The molecular formula is C11H11N3O. The van der Waals surface area contributed by atoms with Crippen molar-refractivity contribution in [3.05, 3.63) is 33.4 Å². The van der Waals surface area contributed by atoms with Gasteiger partial charge in [-0.25, -0.2) is 5.10 Å². The van der Waals surface area contributed by atoms with Gasteiger partial charge in [-0.2, -0.15) is 5.10 Å². The smallest absolute Gasteiger partial charge is 0.288 e. The zero-order valence-electron chi connectivity index (χ0n) is 8.66. The van der Waals surface area contributed by atoms with Gasteiger partial charge in [0, 0.05) is 18.1 Å². The van der Waals surface area contributed by atoms with Crippen molar-refractivity contribution in [2.24, 2.45) is 7.05 Å². The molecule has 2 aromatic rings. The average molecular weight is 201 g/mol. The highest BCUT2D eigenvalue weighted by Crippen LogP contribution is 2.31. The summed E-state index contributed by atoms with van der Waals surface area (Å²) in [5, 5.41) is 7.30. The maximum absolute atomic E-state index is 11.6. The number of H-pyrrole nitrogens is 1. The molecule has 3 rings (SSSR count). The zero-order chi connectivity index (χ0) is 10.6. The maximum atomic E-state index is 11.6. The number of rotatable bonds is 0. The Morgan fingerprint density at radius 1 is 1.53 bits per heavy atom. The van der Waals surface area contributed by atoms with Crippen LogP contribution in [-0.4, -0.2) is 14.8 Å². The summed E-state index contributed by atoms with van der Waals surface area (Å²) in [5.41, 5.74) is 4.30. The van der Waals surface area contributed by atoms with Crippen LogP contribution in [0.2, 0.25) is 0 Å². The molecule has 0 aliphatic heterocycles. The van der Waals surface area contributed by atoms with Crippen LogP contribution >= 0.6 is 0 Å². The van der Waals surface area contributed by atoms with Gasteiger partial charge in [-0.3, -0.25) is 4.79 Å². The van der Waals surface area contributed by atoms with Gasteiger partial charge in [0.15, 0.2) is 0 Å². The SMILES string of the molecule is CC1=Cc2c(c3cn[nH]c(=O)c3n2C)C1. The van der Waals surface area contributed by atoms with Crippen LogP contribution in [0.15, 0.2) is 16.6 Å². The maximum Gasteiger partial charge on any atom is 0.288 e. The topological polar surface area (TPSA) is 50.7 Å². The molecule has 0 fully saturated rings. The number of allylic oxidation sites excluding steroid dienone is 1. The monoisotopic (exact) mass is 201 g/mol. The molecule has 0 amide bonds. The molecule has 2 aromatic heterocycles. The van der Waals surface area contributed by atoms with Gasteiger partial charge < -0.3 is 4.57 Å². The molecule has 0 saturated heterocycles. The molecule has 4 nitrogen and oxygen atoms in total. The number of hydrogen-bond acceptors (Lipinski definition) is 2. The highest BCUT2D eigenvalue weighted by Gasteiger charge is 2.20. The second kappa shape index (κ2) is 2.59. The Kier molecular flexibility index (Phi) is 1.46. The zero-order valence-corrected chi connectivity index (χ0v) is 8.66. The predicted molar refractivity (Wildman–Crippen MR) is 58.7 cm³/mol. The van der Waals surface area contributed by atoms with Crippen molar-refractivity contribution in [3.8, 4) is 0 Å². The van der Waals surface area contributed by atoms with Crippen LogP contribution in [0.25, 0.3) is 17.0 Å². The largest absolute Gasteiger partial charge is 0.339 e. The lowest BCUT2D eigenvalue weighted by molar-refractivity contribution is 0.924. The summed E-state index contributed by atoms with van der Waals surface area (Å²) in [5.74, 6) is 0. The van der Waals surface area contributed by atoms with Crippen LogP contribution in [0.4, 0.5) is 0 Å². The van der Waals surface area contributed by atoms with E-state index in [4.69, 9.17) is 0 Å². The number of fused-ring (bicyclic) bond motifs is 3. The third kappa shape index (κ3) is 0.960. The molecule has 0 atom stereocenters. The van der Waals surface area contributed by atoms with Crippen LogP contribution < -0.4 is 5.56 Å². The van der Waals surface area contributed by atoms with Gasteiger partial charge in [0.05, 0.1) is 6.20 Å². The molecule has 0 spiro atoms. The molecule has 76 valence electrons. The van der Waals surface area contributed by atoms with E-state index in [1.165, 1.54) is 11.1 Å². The second-order valence-electron chi connectivity index (χ2n) is 4.05. The molecule has 1 N–H and O–H groups in total. The van der Waals surface area contributed by atoms with E-state index >= 15 is 0 Å². The molecule has 15 heavy (non-hydrogen) atoms. The standard InChI is InChI=1S/C11H11N3O/c1-6-3-7-8-5-12-13-11(15)10(8)14(2)9(7)4-6/h4-5H,3H2,1-2H3,(H,13,15). The molecule has 4 heteroatoms. The van der Waals surface area contributed by atoms with Crippen molar-refractivity contribution in [2.45, 2.75) is 13.3 Å². The minimum atomic E-state index is -0.115. The molecule has 0 saturated carbocycles. The fourth-order valence-electron chi connectivity index (χ4n) is 2.34. The lowest BCUT2D eigenvalue weighted by atomic mass is 10.1. The van der Waals surface area contributed by atoms with Crippen LogP contribution in [0.1, 0.15) is 18.2 Å².